The summed E-state index contributed by atoms with van der Waals surface area (Å²) >= 11 is 3.59. The molecule has 2 saturated heterocycles. The number of ether oxygens (including phenoxy) is 2. The van der Waals surface area contributed by atoms with E-state index in [0.29, 0.717) is 5.52 Å². The summed E-state index contributed by atoms with van der Waals surface area (Å²) in [6.45, 7) is -6.45. The molecule has 12 atom stereocenters. The number of phosphoric acid groups is 1. The molecule has 7 unspecified atom stereocenters. The third kappa shape index (κ3) is 6.51. The predicted molar refractivity (Wildman–Crippen MR) is 133 cm³/mol. The van der Waals surface area contributed by atoms with Crippen molar-refractivity contribution in [3.8, 4) is 0 Å². The summed E-state index contributed by atoms with van der Waals surface area (Å²) < 4.78 is 64.9. The molecule has 0 aromatic carbocycles. The zero-order valence-corrected chi connectivity index (χ0v) is 22.8. The summed E-state index contributed by atoms with van der Waals surface area (Å²) in [5, 5.41) is 48.7. The summed E-state index contributed by atoms with van der Waals surface area (Å²) in [5.41, 5.74) is 12.6. The Kier molecular flexibility index (Phi) is 9.58. The van der Waals surface area contributed by atoms with Gasteiger partial charge in [-0.3, -0.25) is 9.05 Å². The second-order valence-corrected chi connectivity index (χ2v) is 13.4. The molecule has 226 valence electrons. The minimum atomic E-state index is -5.47. The van der Waals surface area contributed by atoms with Gasteiger partial charge in [-0.2, -0.15) is 4.31 Å². The Morgan fingerprint density at radius 3 is 2.58 bits per heavy atom. The number of aliphatic hydroxyl groups excluding tert-OH is 5. The Labute approximate surface area is 229 Å². The quantitative estimate of drug-likeness (QED) is 0.0996. The van der Waals surface area contributed by atoms with Crippen LogP contribution in [0.2, 0.25) is 0 Å². The minimum Gasteiger partial charge on any atom is -0.394 e. The van der Waals surface area contributed by atoms with E-state index in [1.54, 1.807) is 0 Å². The molecule has 2 aliphatic rings. The van der Waals surface area contributed by atoms with Crippen LogP contribution in [0.15, 0.2) is 12.5 Å². The first-order valence-electron chi connectivity index (χ1n) is 11.5. The number of thiol groups is 1. The molecule has 0 saturated carbocycles. The topological polar surface area (TPSA) is 295 Å². The van der Waals surface area contributed by atoms with E-state index in [9.17, 15) is 34.4 Å². The third-order valence-electron chi connectivity index (χ3n) is 6.25. The molecule has 11 N–H and O–H groups in total. The van der Waals surface area contributed by atoms with E-state index in [1.807, 2.05) is 0 Å². The predicted octanol–water partition coefficient (Wildman–Crippen LogP) is -2.01. The van der Waals surface area contributed by atoms with Crippen LogP contribution in [0.4, 0.5) is 10.2 Å². The number of nitrogens with two attached hydrogens (primary N) is 2. The first-order chi connectivity index (χ1) is 18.7. The van der Waals surface area contributed by atoms with E-state index in [4.69, 9.17) is 30.6 Å². The van der Waals surface area contributed by atoms with Crippen LogP contribution >= 0.6 is 26.9 Å². The van der Waals surface area contributed by atoms with Crippen LogP contribution in [-0.2, 0) is 32.0 Å². The summed E-state index contributed by atoms with van der Waals surface area (Å²) in [7, 11) is -5.47. The lowest BCUT2D eigenvalue weighted by Gasteiger charge is -2.41. The lowest BCUT2D eigenvalue weighted by Crippen LogP contribution is -2.61. The van der Waals surface area contributed by atoms with Gasteiger partial charge in [-0.05, 0) is 0 Å². The average molecular weight is 635 g/mol. The normalized spacial score (nSPS) is 36.8. The van der Waals surface area contributed by atoms with Gasteiger partial charge in [0.1, 0.15) is 60.7 Å². The number of nitrogens with one attached hydrogen (secondary N) is 1. The molecule has 18 nitrogen and oxygen atoms in total. The van der Waals surface area contributed by atoms with E-state index in [1.165, 1.54) is 12.5 Å². The SMILES string of the molecule is Nc1ncnc2c([C@@H]3O[C@H](COP(=O)(S)OP(=O)(O)OC4OC([C@@H](O)CO)C(O)C(O)C4O)[C@@H](N)[C@H]3F)c[nH]c12. The van der Waals surface area contributed by atoms with Crippen molar-refractivity contribution in [2.75, 3.05) is 18.9 Å². The zero-order valence-electron chi connectivity index (χ0n) is 20.2. The summed E-state index contributed by atoms with van der Waals surface area (Å²) in [5.74, 6) is 0.120. The van der Waals surface area contributed by atoms with Crippen molar-refractivity contribution >= 4 is 43.7 Å². The lowest BCUT2D eigenvalue weighted by molar-refractivity contribution is -0.292. The van der Waals surface area contributed by atoms with Crippen molar-refractivity contribution in [3.05, 3.63) is 18.1 Å². The summed E-state index contributed by atoms with van der Waals surface area (Å²) in [6.07, 6.45) is -13.5. The molecule has 40 heavy (non-hydrogen) atoms. The standard InChI is InChI=1S/C18H28FN5O13P2S/c19-8-9(20)7(34-15(8)5-1-22-11-10(5)23-4-24-17(11)21)3-33-39(32,40)37-38(30,31)36-18-14(29)12(27)13(28)16(35-18)6(26)2-25/h1,4,6-9,12-16,18,22,25-29H,2-3,20H2,(H,30,31)(H,32,40)(H2,21,23,24)/t6-,7+,8+,9+,12?,13?,14?,15-,16?,18?,39?/m0/s1. The summed E-state index contributed by atoms with van der Waals surface area (Å²) in [4.78, 5) is 20.8. The molecule has 22 heteroatoms. The lowest BCUT2D eigenvalue weighted by atomic mass is 9.96. The van der Waals surface area contributed by atoms with Crippen molar-refractivity contribution in [2.24, 2.45) is 5.73 Å². The number of phosphoric ester groups is 1. The van der Waals surface area contributed by atoms with Gasteiger partial charge in [-0.15, -0.1) is 0 Å². The number of H-pyrrole nitrogens is 1. The van der Waals surface area contributed by atoms with Gasteiger partial charge in [0.25, 0.3) is 0 Å². The van der Waals surface area contributed by atoms with Gasteiger partial charge in [0.15, 0.2) is 12.1 Å². The van der Waals surface area contributed by atoms with Crippen molar-refractivity contribution in [3.63, 3.8) is 0 Å². The third-order valence-corrected chi connectivity index (χ3v) is 9.86. The Balaban J connectivity index is 1.38. The monoisotopic (exact) mass is 635 g/mol. The van der Waals surface area contributed by atoms with Crippen LogP contribution in [0.5, 0.6) is 0 Å². The molecule has 2 fully saturated rings. The Morgan fingerprint density at radius 2 is 1.90 bits per heavy atom. The smallest absolute Gasteiger partial charge is 0.394 e. The fourth-order valence-corrected chi connectivity index (χ4v) is 7.40. The molecule has 0 amide bonds. The Bertz CT molecular complexity index is 1300. The second kappa shape index (κ2) is 12.1. The van der Waals surface area contributed by atoms with Crippen LogP contribution in [0, 0.1) is 0 Å². The van der Waals surface area contributed by atoms with Crippen molar-refractivity contribution < 1.29 is 66.8 Å². The van der Waals surface area contributed by atoms with Crippen LogP contribution in [0.1, 0.15) is 11.7 Å². The number of hydrogen-bond acceptors (Lipinski definition) is 16. The molecule has 0 bridgehead atoms. The molecule has 2 aromatic rings. The number of nitrogen functional groups attached to an aromatic ring is 1. The van der Waals surface area contributed by atoms with Crippen LogP contribution in [0.3, 0.4) is 0 Å². The molecule has 2 aromatic heterocycles. The fourth-order valence-electron chi connectivity index (χ4n) is 4.21. The summed E-state index contributed by atoms with van der Waals surface area (Å²) in [6, 6.07) is -1.31. The van der Waals surface area contributed by atoms with Gasteiger partial charge in [-0.25, -0.2) is 23.5 Å². The molecule has 0 aliphatic carbocycles. The van der Waals surface area contributed by atoms with Gasteiger partial charge in [-0.1, -0.05) is 12.2 Å². The molecular weight excluding hydrogens is 607 g/mol. The number of rotatable bonds is 10. The molecule has 2 aliphatic heterocycles. The van der Waals surface area contributed by atoms with E-state index in [-0.39, 0.29) is 16.9 Å². The van der Waals surface area contributed by atoms with Crippen molar-refractivity contribution in [1.82, 2.24) is 15.0 Å². The van der Waals surface area contributed by atoms with Crippen LogP contribution in [0.25, 0.3) is 11.0 Å². The zero-order chi connectivity index (χ0) is 29.6. The molecule has 4 heterocycles. The Hall–Kier alpha value is -1.32. The fraction of sp³-hybridized carbons (Fsp3) is 0.667. The number of aromatic nitrogens is 3. The number of hydrogen-bond donors (Lipinski definition) is 10. The number of aliphatic hydroxyl groups is 5. The number of nitrogens with zero attached hydrogens (tertiary/aromatic N) is 2. The van der Waals surface area contributed by atoms with Crippen molar-refractivity contribution in [2.45, 2.75) is 61.2 Å². The number of aromatic amines is 1. The van der Waals surface area contributed by atoms with Gasteiger partial charge >= 0.3 is 14.6 Å². The van der Waals surface area contributed by atoms with E-state index < -0.39 is 89.1 Å². The number of alkyl halides is 1. The minimum absolute atomic E-state index is 0.120. The number of fused-ring (bicyclic) bond motifs is 1. The largest absolute Gasteiger partial charge is 0.482 e. The van der Waals surface area contributed by atoms with E-state index in [0.717, 1.165) is 0 Å². The van der Waals surface area contributed by atoms with Crippen LogP contribution in [-0.4, -0.2) is 114 Å². The molecule has 4 rings (SSSR count). The van der Waals surface area contributed by atoms with Gasteiger partial charge < -0.3 is 56.4 Å². The highest BCUT2D eigenvalue weighted by Crippen LogP contribution is 2.66. The average Bonchev–Trinajstić information content (AvgIpc) is 3.43. The maximum absolute atomic E-state index is 15.1. The first-order valence-corrected chi connectivity index (χ1v) is 15.7. The highest BCUT2D eigenvalue weighted by molar-refractivity contribution is 8.45. The number of anilines is 1. The molecular formula is C18H28FN5O13P2S. The maximum atomic E-state index is 15.1. The van der Waals surface area contributed by atoms with E-state index in [2.05, 4.69) is 36.0 Å². The Morgan fingerprint density at radius 1 is 1.20 bits per heavy atom. The highest BCUT2D eigenvalue weighted by Gasteiger charge is 2.50. The number of halogens is 1. The highest BCUT2D eigenvalue weighted by atomic mass is 32.7. The van der Waals surface area contributed by atoms with Gasteiger partial charge in [0.2, 0.25) is 0 Å². The maximum Gasteiger partial charge on any atom is 0.482 e. The molecule has 0 radical (unpaired) electrons. The second-order valence-electron chi connectivity index (χ2n) is 8.95. The van der Waals surface area contributed by atoms with Gasteiger partial charge in [0.05, 0.1) is 24.8 Å². The molecule has 0 spiro atoms. The van der Waals surface area contributed by atoms with E-state index >= 15 is 4.39 Å². The first kappa shape index (κ1) is 31.6. The van der Waals surface area contributed by atoms with Gasteiger partial charge in [0, 0.05) is 11.8 Å². The van der Waals surface area contributed by atoms with Crippen molar-refractivity contribution in [1.29, 1.82) is 0 Å². The van der Waals surface area contributed by atoms with Crippen LogP contribution < -0.4 is 11.5 Å².